The van der Waals surface area contributed by atoms with Crippen molar-refractivity contribution in [2.24, 2.45) is 0 Å². The van der Waals surface area contributed by atoms with Gasteiger partial charge in [-0.1, -0.05) is 35.9 Å². The van der Waals surface area contributed by atoms with Gasteiger partial charge < -0.3 is 10.0 Å². The number of hydrogen-bond acceptors (Lipinski definition) is 2. The van der Waals surface area contributed by atoms with E-state index in [0.717, 1.165) is 24.9 Å². The van der Waals surface area contributed by atoms with Crippen molar-refractivity contribution in [2.75, 3.05) is 6.54 Å². The largest absolute Gasteiger partial charge is 0.478 e. The molecule has 2 aromatic carbocycles. The number of carbonyl (C=O) groups excluding carboxylic acids is 1. The summed E-state index contributed by atoms with van der Waals surface area (Å²) in [5.74, 6) is -0.908. The Morgan fingerprint density at radius 2 is 1.96 bits per heavy atom. The van der Waals surface area contributed by atoms with Crippen LogP contribution in [0.15, 0.2) is 42.5 Å². The highest BCUT2D eigenvalue weighted by Gasteiger charge is 2.30. The fourth-order valence-corrected chi connectivity index (χ4v) is 3.60. The third-order valence-corrected chi connectivity index (χ3v) is 4.90. The lowest BCUT2D eigenvalue weighted by Crippen LogP contribution is -2.32. The third kappa shape index (κ3) is 3.73. The quantitative estimate of drug-likeness (QED) is 0.920. The molecule has 0 bridgehead atoms. The van der Waals surface area contributed by atoms with Gasteiger partial charge in [-0.2, -0.15) is 0 Å². The van der Waals surface area contributed by atoms with Crippen LogP contribution in [0.25, 0.3) is 0 Å². The molecule has 1 amide bonds. The van der Waals surface area contributed by atoms with E-state index in [1.165, 1.54) is 16.7 Å². The molecule has 0 saturated carbocycles. The fourth-order valence-electron chi connectivity index (χ4n) is 3.60. The summed E-state index contributed by atoms with van der Waals surface area (Å²) < 4.78 is 0. The van der Waals surface area contributed by atoms with Gasteiger partial charge in [0.25, 0.3) is 0 Å². The minimum Gasteiger partial charge on any atom is -0.478 e. The zero-order chi connectivity index (χ0) is 18.0. The summed E-state index contributed by atoms with van der Waals surface area (Å²) in [7, 11) is 0. The van der Waals surface area contributed by atoms with E-state index in [1.807, 2.05) is 11.0 Å². The van der Waals surface area contributed by atoms with E-state index >= 15 is 0 Å². The number of hydrogen-bond donors (Lipinski definition) is 1. The van der Waals surface area contributed by atoms with Gasteiger partial charge in [-0.25, -0.2) is 4.79 Å². The van der Waals surface area contributed by atoms with Crippen molar-refractivity contribution in [3.63, 3.8) is 0 Å². The summed E-state index contributed by atoms with van der Waals surface area (Å²) in [6.07, 6.45) is 2.21. The highest BCUT2D eigenvalue weighted by molar-refractivity contribution is 5.88. The van der Waals surface area contributed by atoms with Crippen LogP contribution in [-0.2, 0) is 11.2 Å². The monoisotopic (exact) mass is 337 g/mol. The van der Waals surface area contributed by atoms with Gasteiger partial charge in [-0.05, 0) is 55.5 Å². The van der Waals surface area contributed by atoms with Crippen molar-refractivity contribution in [3.8, 4) is 0 Å². The number of amides is 1. The third-order valence-electron chi connectivity index (χ3n) is 4.90. The molecule has 0 spiro atoms. The Balaban J connectivity index is 1.80. The fraction of sp³-hybridized carbons (Fsp3) is 0.333. The Morgan fingerprint density at radius 3 is 2.72 bits per heavy atom. The molecule has 1 heterocycles. The molecule has 1 saturated heterocycles. The summed E-state index contributed by atoms with van der Waals surface area (Å²) in [6.45, 7) is 4.92. The summed E-state index contributed by atoms with van der Waals surface area (Å²) in [5, 5.41) is 9.11. The molecule has 1 N–H and O–H groups in total. The molecule has 1 aliphatic heterocycles. The first kappa shape index (κ1) is 17.2. The van der Waals surface area contributed by atoms with Gasteiger partial charge in [-0.15, -0.1) is 0 Å². The standard InChI is InChI=1S/C21H23NO3/c1-14-8-9-15(2)18(11-14)19-7-4-10-22(19)20(23)13-16-5-3-6-17(12-16)21(24)25/h3,5-6,8-9,11-12,19H,4,7,10,13H2,1-2H3,(H,24,25). The molecule has 0 aromatic heterocycles. The van der Waals surface area contributed by atoms with Gasteiger partial charge in [0.15, 0.2) is 0 Å². The lowest BCUT2D eigenvalue weighted by molar-refractivity contribution is -0.131. The second kappa shape index (κ2) is 7.09. The number of carboxylic acids is 1. The van der Waals surface area contributed by atoms with Gasteiger partial charge >= 0.3 is 5.97 Å². The lowest BCUT2D eigenvalue weighted by atomic mass is 9.97. The Kier molecular flexibility index (Phi) is 4.88. The zero-order valence-electron chi connectivity index (χ0n) is 14.7. The minimum atomic E-state index is -0.969. The van der Waals surface area contributed by atoms with Crippen LogP contribution in [0.4, 0.5) is 0 Å². The SMILES string of the molecule is Cc1ccc(C)c(C2CCCN2C(=O)Cc2cccc(C(=O)O)c2)c1. The van der Waals surface area contributed by atoms with E-state index in [1.54, 1.807) is 18.2 Å². The summed E-state index contributed by atoms with van der Waals surface area (Å²) in [6, 6.07) is 13.1. The van der Waals surface area contributed by atoms with Crippen molar-refractivity contribution >= 4 is 11.9 Å². The van der Waals surface area contributed by atoms with E-state index in [0.29, 0.717) is 0 Å². The summed E-state index contributed by atoms with van der Waals surface area (Å²) >= 11 is 0. The van der Waals surface area contributed by atoms with E-state index in [-0.39, 0.29) is 23.9 Å². The molecular formula is C21H23NO3. The van der Waals surface area contributed by atoms with Crippen LogP contribution in [0.5, 0.6) is 0 Å². The summed E-state index contributed by atoms with van der Waals surface area (Å²) in [4.78, 5) is 25.9. The van der Waals surface area contributed by atoms with Crippen LogP contribution in [0.2, 0.25) is 0 Å². The molecule has 1 fully saturated rings. The molecule has 1 aliphatic rings. The molecular weight excluding hydrogens is 314 g/mol. The Morgan fingerprint density at radius 1 is 1.16 bits per heavy atom. The average Bonchev–Trinajstić information content (AvgIpc) is 3.07. The molecule has 0 aliphatic carbocycles. The maximum absolute atomic E-state index is 12.9. The van der Waals surface area contributed by atoms with E-state index < -0.39 is 5.97 Å². The van der Waals surface area contributed by atoms with Crippen molar-refractivity contribution in [3.05, 3.63) is 70.3 Å². The van der Waals surface area contributed by atoms with Gasteiger partial charge in [0, 0.05) is 6.54 Å². The van der Waals surface area contributed by atoms with Gasteiger partial charge in [0.05, 0.1) is 18.0 Å². The number of carbonyl (C=O) groups is 2. The first-order valence-electron chi connectivity index (χ1n) is 8.64. The zero-order valence-corrected chi connectivity index (χ0v) is 14.7. The van der Waals surface area contributed by atoms with Crippen molar-refractivity contribution in [1.82, 2.24) is 4.90 Å². The second-order valence-corrected chi connectivity index (χ2v) is 6.79. The predicted octanol–water partition coefficient (Wildman–Crippen LogP) is 3.91. The number of benzene rings is 2. The molecule has 1 atom stereocenters. The minimum absolute atomic E-state index is 0.0611. The van der Waals surface area contributed by atoms with Crippen molar-refractivity contribution < 1.29 is 14.7 Å². The first-order valence-corrected chi connectivity index (χ1v) is 8.64. The number of aryl methyl sites for hydroxylation is 2. The van der Waals surface area contributed by atoms with E-state index in [4.69, 9.17) is 5.11 Å². The first-order chi connectivity index (χ1) is 12.0. The van der Waals surface area contributed by atoms with Crippen LogP contribution < -0.4 is 0 Å². The topological polar surface area (TPSA) is 57.6 Å². The predicted molar refractivity (Wildman–Crippen MR) is 96.7 cm³/mol. The number of carboxylic acid groups (broad SMARTS) is 1. The molecule has 1 unspecified atom stereocenters. The van der Waals surface area contributed by atoms with Crippen molar-refractivity contribution in [2.45, 2.75) is 39.2 Å². The summed E-state index contributed by atoms with van der Waals surface area (Å²) in [5.41, 5.74) is 4.61. The van der Waals surface area contributed by atoms with Gasteiger partial charge in [-0.3, -0.25) is 4.79 Å². The molecule has 3 rings (SSSR count). The molecule has 0 radical (unpaired) electrons. The average molecular weight is 337 g/mol. The van der Waals surface area contributed by atoms with Gasteiger partial charge in [0.1, 0.15) is 0 Å². The highest BCUT2D eigenvalue weighted by atomic mass is 16.4. The Hall–Kier alpha value is -2.62. The Labute approximate surface area is 148 Å². The second-order valence-electron chi connectivity index (χ2n) is 6.79. The molecule has 130 valence electrons. The molecule has 2 aromatic rings. The van der Waals surface area contributed by atoms with Crippen LogP contribution in [0.1, 0.15) is 51.5 Å². The van der Waals surface area contributed by atoms with E-state index in [9.17, 15) is 9.59 Å². The maximum Gasteiger partial charge on any atom is 0.335 e. The molecule has 4 heteroatoms. The van der Waals surface area contributed by atoms with Crippen molar-refractivity contribution in [1.29, 1.82) is 0 Å². The number of nitrogens with zero attached hydrogens (tertiary/aromatic N) is 1. The smallest absolute Gasteiger partial charge is 0.335 e. The lowest BCUT2D eigenvalue weighted by Gasteiger charge is -2.27. The van der Waals surface area contributed by atoms with Crippen LogP contribution in [0.3, 0.4) is 0 Å². The van der Waals surface area contributed by atoms with E-state index in [2.05, 4.69) is 32.0 Å². The number of rotatable bonds is 4. The van der Waals surface area contributed by atoms with Crippen LogP contribution in [0, 0.1) is 13.8 Å². The molecule has 25 heavy (non-hydrogen) atoms. The number of likely N-dealkylation sites (tertiary alicyclic amines) is 1. The highest BCUT2D eigenvalue weighted by Crippen LogP contribution is 2.34. The van der Waals surface area contributed by atoms with Crippen LogP contribution in [-0.4, -0.2) is 28.4 Å². The maximum atomic E-state index is 12.9. The van der Waals surface area contributed by atoms with Crippen LogP contribution >= 0.6 is 0 Å². The number of aromatic carboxylic acids is 1. The molecule has 4 nitrogen and oxygen atoms in total. The Bertz CT molecular complexity index is 813. The van der Waals surface area contributed by atoms with Gasteiger partial charge in [0.2, 0.25) is 5.91 Å². The normalized spacial score (nSPS) is 16.9.